The number of nitrogens with one attached hydrogen (secondary N) is 1. The average molecular weight is 500 g/mol. The molecule has 0 spiro atoms. The summed E-state index contributed by atoms with van der Waals surface area (Å²) in [6.07, 6.45) is 6.61. The van der Waals surface area contributed by atoms with Crippen LogP contribution in [0.25, 0.3) is 27.7 Å². The Bertz CT molecular complexity index is 1380. The van der Waals surface area contributed by atoms with Crippen molar-refractivity contribution in [3.63, 3.8) is 0 Å². The van der Waals surface area contributed by atoms with Gasteiger partial charge < -0.3 is 19.9 Å². The highest BCUT2D eigenvalue weighted by Crippen LogP contribution is 2.30. The summed E-state index contributed by atoms with van der Waals surface area (Å²) < 4.78 is 8.25. The molecule has 37 heavy (non-hydrogen) atoms. The number of anilines is 2. The zero-order chi connectivity index (χ0) is 25.5. The highest BCUT2D eigenvalue weighted by atomic mass is 16.5. The minimum absolute atomic E-state index is 0.165. The lowest BCUT2D eigenvalue weighted by Crippen LogP contribution is -2.46. The van der Waals surface area contributed by atoms with Crippen LogP contribution >= 0.6 is 0 Å². The fraction of sp³-hybridized carbons (Fsp3) is 0.483. The van der Waals surface area contributed by atoms with Crippen molar-refractivity contribution in [2.75, 3.05) is 42.5 Å². The van der Waals surface area contributed by atoms with Crippen molar-refractivity contribution in [3.8, 4) is 11.1 Å². The molecular formula is C29H37N7O. The monoisotopic (exact) mass is 499 g/mol. The number of benzene rings is 1. The van der Waals surface area contributed by atoms with Crippen LogP contribution in [0.4, 0.5) is 11.8 Å². The fourth-order valence-electron chi connectivity index (χ4n) is 5.94. The van der Waals surface area contributed by atoms with Gasteiger partial charge in [0.05, 0.1) is 40.6 Å². The summed E-state index contributed by atoms with van der Waals surface area (Å²) in [6.45, 7) is 13.3. The number of rotatable bonds is 5. The molecule has 0 unspecified atom stereocenters. The molecule has 0 aliphatic carbocycles. The summed E-state index contributed by atoms with van der Waals surface area (Å²) in [6, 6.07) is 11.5. The summed E-state index contributed by atoms with van der Waals surface area (Å²) in [7, 11) is 0. The summed E-state index contributed by atoms with van der Waals surface area (Å²) >= 11 is 0. The Labute approximate surface area is 218 Å². The molecule has 2 fully saturated rings. The van der Waals surface area contributed by atoms with E-state index >= 15 is 0 Å². The molecule has 0 saturated carbocycles. The molecule has 2 saturated heterocycles. The topological polar surface area (TPSA) is 70.8 Å². The molecule has 3 aromatic heterocycles. The molecule has 4 aromatic rings. The molecule has 0 bridgehead atoms. The lowest BCUT2D eigenvalue weighted by atomic mass is 10.0. The second-order valence-electron chi connectivity index (χ2n) is 10.6. The van der Waals surface area contributed by atoms with Gasteiger partial charge in [-0.25, -0.2) is 9.97 Å². The number of nitrogens with zero attached hydrogens (tertiary/aromatic N) is 6. The molecule has 2 aliphatic rings. The van der Waals surface area contributed by atoms with Gasteiger partial charge in [0.2, 0.25) is 5.95 Å². The van der Waals surface area contributed by atoms with Gasteiger partial charge in [-0.05, 0) is 70.0 Å². The van der Waals surface area contributed by atoms with Crippen LogP contribution in [0.3, 0.4) is 0 Å². The number of imidazole rings is 1. The Kier molecular flexibility index (Phi) is 6.46. The van der Waals surface area contributed by atoms with Crippen LogP contribution in [0.1, 0.15) is 39.3 Å². The standard InChI is InChI=1S/C29H37N7O/c1-5-30-24-10-12-34(13-11-24)28-9-7-23(15-32-28)22-6-8-25-26(14-22)36-27(16-31-25)21(4)33-29(36)35-17-19(2)37-20(3)18-35/h6-9,14-16,19-20,24,30H,5,10-13,17-18H2,1-4H3/t19-,20+. The summed E-state index contributed by atoms with van der Waals surface area (Å²) in [5.41, 5.74) is 6.29. The minimum atomic E-state index is 0.165. The van der Waals surface area contributed by atoms with Crippen molar-refractivity contribution < 1.29 is 4.74 Å². The third kappa shape index (κ3) is 4.64. The summed E-state index contributed by atoms with van der Waals surface area (Å²) in [5.74, 6) is 2.03. The molecule has 1 aromatic carbocycles. The van der Waals surface area contributed by atoms with Gasteiger partial charge in [-0.3, -0.25) is 9.38 Å². The van der Waals surface area contributed by atoms with Crippen LogP contribution in [0.15, 0.2) is 42.7 Å². The van der Waals surface area contributed by atoms with Gasteiger partial charge in [0, 0.05) is 44.0 Å². The molecule has 194 valence electrons. The molecule has 1 N–H and O–H groups in total. The van der Waals surface area contributed by atoms with Gasteiger partial charge >= 0.3 is 0 Å². The Morgan fingerprint density at radius 1 is 0.919 bits per heavy atom. The van der Waals surface area contributed by atoms with Crippen molar-refractivity contribution >= 4 is 28.3 Å². The van der Waals surface area contributed by atoms with Crippen molar-refractivity contribution in [1.29, 1.82) is 0 Å². The van der Waals surface area contributed by atoms with Crippen molar-refractivity contribution in [2.45, 2.75) is 58.8 Å². The first-order valence-electron chi connectivity index (χ1n) is 13.6. The lowest BCUT2D eigenvalue weighted by molar-refractivity contribution is -0.00573. The Balaban J connectivity index is 1.33. The Morgan fingerprint density at radius 2 is 1.68 bits per heavy atom. The molecule has 2 atom stereocenters. The van der Waals surface area contributed by atoms with Crippen LogP contribution in [-0.2, 0) is 4.74 Å². The maximum atomic E-state index is 5.99. The molecule has 8 heteroatoms. The largest absolute Gasteiger partial charge is 0.372 e. The second kappa shape index (κ2) is 9.91. The quantitative estimate of drug-likeness (QED) is 0.435. The van der Waals surface area contributed by atoms with Gasteiger partial charge in [0.15, 0.2) is 0 Å². The second-order valence-corrected chi connectivity index (χ2v) is 10.6. The van der Waals surface area contributed by atoms with E-state index < -0.39 is 0 Å². The number of aryl methyl sites for hydroxylation is 1. The maximum absolute atomic E-state index is 5.99. The van der Waals surface area contributed by atoms with E-state index in [1.54, 1.807) is 0 Å². The van der Waals surface area contributed by atoms with Crippen molar-refractivity contribution in [2.24, 2.45) is 0 Å². The normalized spacial score (nSPS) is 21.3. The fourth-order valence-corrected chi connectivity index (χ4v) is 5.94. The minimum Gasteiger partial charge on any atom is -0.372 e. The molecule has 2 aliphatic heterocycles. The molecule has 8 nitrogen and oxygen atoms in total. The van der Waals surface area contributed by atoms with E-state index in [9.17, 15) is 0 Å². The predicted molar refractivity (Wildman–Crippen MR) is 150 cm³/mol. The first-order valence-corrected chi connectivity index (χ1v) is 13.6. The van der Waals surface area contributed by atoms with Crippen LogP contribution < -0.4 is 15.1 Å². The van der Waals surface area contributed by atoms with Gasteiger partial charge in [-0.2, -0.15) is 0 Å². The predicted octanol–water partition coefficient (Wildman–Crippen LogP) is 4.44. The summed E-state index contributed by atoms with van der Waals surface area (Å²) in [4.78, 5) is 19.3. The third-order valence-electron chi connectivity index (χ3n) is 7.72. The van der Waals surface area contributed by atoms with E-state index in [1.165, 1.54) is 0 Å². The number of morpholine rings is 1. The number of pyridine rings is 1. The zero-order valence-electron chi connectivity index (χ0n) is 22.3. The lowest BCUT2D eigenvalue weighted by Gasteiger charge is -2.35. The average Bonchev–Trinajstić information content (AvgIpc) is 3.25. The number of fused-ring (bicyclic) bond motifs is 3. The number of hydrogen-bond acceptors (Lipinski definition) is 7. The Hall–Kier alpha value is -3.23. The third-order valence-corrected chi connectivity index (χ3v) is 7.72. The van der Waals surface area contributed by atoms with Crippen molar-refractivity contribution in [1.82, 2.24) is 24.7 Å². The molecule has 5 heterocycles. The molecule has 0 radical (unpaired) electrons. The number of hydrogen-bond donors (Lipinski definition) is 1. The van der Waals surface area contributed by atoms with E-state index in [2.05, 4.69) is 77.5 Å². The molecule has 0 amide bonds. The van der Waals surface area contributed by atoms with E-state index in [4.69, 9.17) is 19.7 Å². The number of piperidine rings is 1. The van der Waals surface area contributed by atoms with Crippen LogP contribution in [-0.4, -0.2) is 70.3 Å². The van der Waals surface area contributed by atoms with Crippen LogP contribution in [0.2, 0.25) is 0 Å². The SMILES string of the molecule is CCNC1CCN(c2ccc(-c3ccc4ncc5c(C)nc(N6C[C@@H](C)O[C@@H](C)C6)n5c4c3)cn2)CC1. The Morgan fingerprint density at radius 3 is 2.38 bits per heavy atom. The number of ether oxygens (including phenoxy) is 1. The first kappa shape index (κ1) is 24.1. The van der Waals surface area contributed by atoms with Crippen LogP contribution in [0, 0.1) is 6.92 Å². The van der Waals surface area contributed by atoms with Gasteiger partial charge in [-0.15, -0.1) is 0 Å². The van der Waals surface area contributed by atoms with Crippen molar-refractivity contribution in [3.05, 3.63) is 48.4 Å². The molecule has 6 rings (SSSR count). The van der Waals surface area contributed by atoms with E-state index in [0.717, 1.165) is 90.7 Å². The zero-order valence-corrected chi connectivity index (χ0v) is 22.3. The van der Waals surface area contributed by atoms with Gasteiger partial charge in [-0.1, -0.05) is 13.0 Å². The molecular weight excluding hydrogens is 462 g/mol. The van der Waals surface area contributed by atoms with E-state index in [1.807, 2.05) is 12.4 Å². The maximum Gasteiger partial charge on any atom is 0.211 e. The van der Waals surface area contributed by atoms with Gasteiger partial charge in [0.1, 0.15) is 5.82 Å². The smallest absolute Gasteiger partial charge is 0.211 e. The summed E-state index contributed by atoms with van der Waals surface area (Å²) in [5, 5.41) is 3.58. The van der Waals surface area contributed by atoms with Crippen LogP contribution in [0.5, 0.6) is 0 Å². The highest BCUT2D eigenvalue weighted by Gasteiger charge is 2.26. The van der Waals surface area contributed by atoms with E-state index in [-0.39, 0.29) is 12.2 Å². The van der Waals surface area contributed by atoms with E-state index in [0.29, 0.717) is 6.04 Å². The highest BCUT2D eigenvalue weighted by molar-refractivity contribution is 5.85. The van der Waals surface area contributed by atoms with Gasteiger partial charge in [0.25, 0.3) is 0 Å². The number of aromatic nitrogens is 4. The first-order chi connectivity index (χ1) is 18.0.